The van der Waals surface area contributed by atoms with E-state index in [9.17, 15) is 14.9 Å². The van der Waals surface area contributed by atoms with Gasteiger partial charge in [-0.2, -0.15) is 0 Å². The minimum absolute atomic E-state index is 0.152. The molecule has 2 rings (SSSR count). The molecule has 20 heavy (non-hydrogen) atoms. The van der Waals surface area contributed by atoms with Crippen LogP contribution in [-0.4, -0.2) is 27.0 Å². The van der Waals surface area contributed by atoms with Crippen LogP contribution in [0.2, 0.25) is 0 Å². The van der Waals surface area contributed by atoms with Crippen LogP contribution >= 0.6 is 0 Å². The van der Waals surface area contributed by atoms with Gasteiger partial charge in [0.1, 0.15) is 0 Å². The number of rotatable bonds is 4. The van der Waals surface area contributed by atoms with Gasteiger partial charge in [0.15, 0.2) is 0 Å². The van der Waals surface area contributed by atoms with Crippen molar-refractivity contribution < 1.29 is 14.8 Å². The van der Waals surface area contributed by atoms with Gasteiger partial charge in [0.25, 0.3) is 0 Å². The summed E-state index contributed by atoms with van der Waals surface area (Å²) in [6.07, 6.45) is 5.29. The largest absolute Gasteiger partial charge is 0.478 e. The zero-order chi connectivity index (χ0) is 14.7. The van der Waals surface area contributed by atoms with Gasteiger partial charge in [-0.05, 0) is 18.8 Å². The van der Waals surface area contributed by atoms with Crippen molar-refractivity contribution in [3.05, 3.63) is 27.9 Å². The predicted molar refractivity (Wildman–Crippen MR) is 72.9 cm³/mol. The Bertz CT molecular complexity index is 532. The molecule has 0 bridgehead atoms. The van der Waals surface area contributed by atoms with Crippen molar-refractivity contribution in [3.8, 4) is 0 Å². The van der Waals surface area contributed by atoms with Crippen molar-refractivity contribution in [1.29, 1.82) is 0 Å². The third-order valence-corrected chi connectivity index (χ3v) is 3.59. The lowest BCUT2D eigenvalue weighted by Gasteiger charge is -2.27. The van der Waals surface area contributed by atoms with Gasteiger partial charge in [-0.1, -0.05) is 19.8 Å². The molecule has 1 fully saturated rings. The third kappa shape index (κ3) is 3.23. The summed E-state index contributed by atoms with van der Waals surface area (Å²) in [6, 6.07) is 1.20. The molecule has 108 valence electrons. The van der Waals surface area contributed by atoms with Crippen LogP contribution in [0.1, 0.15) is 43.0 Å². The van der Waals surface area contributed by atoms with E-state index in [0.717, 1.165) is 31.5 Å². The third-order valence-electron chi connectivity index (χ3n) is 3.59. The van der Waals surface area contributed by atoms with Gasteiger partial charge >= 0.3 is 11.7 Å². The summed E-state index contributed by atoms with van der Waals surface area (Å²) < 4.78 is 0. The van der Waals surface area contributed by atoms with Crippen LogP contribution in [0.4, 0.5) is 11.5 Å². The van der Waals surface area contributed by atoms with Crippen molar-refractivity contribution in [2.45, 2.75) is 38.6 Å². The zero-order valence-corrected chi connectivity index (χ0v) is 11.2. The van der Waals surface area contributed by atoms with E-state index in [4.69, 9.17) is 5.11 Å². The predicted octanol–water partition coefficient (Wildman–Crippen LogP) is 2.68. The Labute approximate surface area is 116 Å². The topological polar surface area (TPSA) is 105 Å². The van der Waals surface area contributed by atoms with E-state index in [1.54, 1.807) is 0 Å². The first-order valence-electron chi connectivity index (χ1n) is 6.61. The molecule has 1 aliphatic rings. The number of aromatic nitrogens is 1. The molecule has 1 aromatic rings. The summed E-state index contributed by atoms with van der Waals surface area (Å²) in [6.45, 7) is 2.16. The maximum absolute atomic E-state index is 11.0. The number of carboxylic acid groups (broad SMARTS) is 1. The number of hydrogen-bond donors (Lipinski definition) is 2. The number of pyridine rings is 1. The maximum atomic E-state index is 11.0. The Kier molecular flexibility index (Phi) is 4.16. The fourth-order valence-electron chi connectivity index (χ4n) is 2.58. The molecule has 2 unspecified atom stereocenters. The van der Waals surface area contributed by atoms with E-state index in [2.05, 4.69) is 17.2 Å². The van der Waals surface area contributed by atoms with Crippen LogP contribution in [0.25, 0.3) is 0 Å². The van der Waals surface area contributed by atoms with Gasteiger partial charge in [0.2, 0.25) is 5.82 Å². The summed E-state index contributed by atoms with van der Waals surface area (Å²) >= 11 is 0. The second-order valence-corrected chi connectivity index (χ2v) is 5.27. The summed E-state index contributed by atoms with van der Waals surface area (Å²) in [5.74, 6) is -0.490. The molecular weight excluding hydrogens is 262 g/mol. The van der Waals surface area contributed by atoms with Crippen LogP contribution in [0, 0.1) is 16.0 Å². The second-order valence-electron chi connectivity index (χ2n) is 5.27. The minimum atomic E-state index is -1.22. The normalized spacial score (nSPS) is 22.2. The second kappa shape index (κ2) is 5.85. The van der Waals surface area contributed by atoms with Crippen LogP contribution in [-0.2, 0) is 0 Å². The molecule has 0 spiro atoms. The first-order valence-corrected chi connectivity index (χ1v) is 6.61. The van der Waals surface area contributed by atoms with Crippen LogP contribution < -0.4 is 5.32 Å². The Hall–Kier alpha value is -2.18. The molecule has 2 N–H and O–H groups in total. The first-order chi connectivity index (χ1) is 9.47. The molecule has 0 saturated heterocycles. The van der Waals surface area contributed by atoms with E-state index in [1.807, 2.05) is 0 Å². The molecule has 0 aromatic carbocycles. The van der Waals surface area contributed by atoms with Gasteiger partial charge in [-0.3, -0.25) is 10.1 Å². The van der Waals surface area contributed by atoms with Crippen LogP contribution in [0.5, 0.6) is 0 Å². The lowest BCUT2D eigenvalue weighted by molar-refractivity contribution is -0.384. The highest BCUT2D eigenvalue weighted by atomic mass is 16.6. The van der Waals surface area contributed by atoms with Gasteiger partial charge in [-0.15, -0.1) is 0 Å². The van der Waals surface area contributed by atoms with E-state index in [-0.39, 0.29) is 23.1 Å². The number of anilines is 1. The van der Waals surface area contributed by atoms with Gasteiger partial charge in [0, 0.05) is 18.3 Å². The van der Waals surface area contributed by atoms with Crippen molar-refractivity contribution in [2.24, 2.45) is 5.92 Å². The number of hydrogen-bond acceptors (Lipinski definition) is 5. The number of nitrogens with one attached hydrogen (secondary N) is 1. The summed E-state index contributed by atoms with van der Waals surface area (Å²) in [5.41, 5.74) is -0.470. The van der Waals surface area contributed by atoms with Gasteiger partial charge < -0.3 is 10.4 Å². The molecule has 7 heteroatoms. The standard InChI is InChI=1S/C13H17N3O4/c1-8-3-2-4-10(5-8)15-12-11(16(19)20)6-9(7-14-12)13(17)18/h6-8,10H,2-5H2,1H3,(H,14,15)(H,17,18). The Balaban J connectivity index is 2.22. The fourth-order valence-corrected chi connectivity index (χ4v) is 2.58. The Morgan fingerprint density at radius 1 is 1.55 bits per heavy atom. The molecule has 2 atom stereocenters. The van der Waals surface area contributed by atoms with Crippen molar-refractivity contribution in [2.75, 3.05) is 5.32 Å². The smallest absolute Gasteiger partial charge is 0.337 e. The average Bonchev–Trinajstić information content (AvgIpc) is 2.38. The molecule has 0 amide bonds. The number of nitrogens with zero attached hydrogens (tertiary/aromatic N) is 2. The van der Waals surface area contributed by atoms with Crippen LogP contribution in [0.15, 0.2) is 12.3 Å². The molecule has 1 heterocycles. The maximum Gasteiger partial charge on any atom is 0.337 e. The Morgan fingerprint density at radius 2 is 2.30 bits per heavy atom. The highest BCUT2D eigenvalue weighted by molar-refractivity contribution is 5.88. The summed E-state index contributed by atoms with van der Waals surface area (Å²) in [5, 5.41) is 23.0. The molecule has 0 aliphatic heterocycles. The number of nitro groups is 1. The molecule has 7 nitrogen and oxygen atoms in total. The van der Waals surface area contributed by atoms with Crippen molar-refractivity contribution >= 4 is 17.5 Å². The number of carboxylic acids is 1. The van der Waals surface area contributed by atoms with Gasteiger partial charge in [-0.25, -0.2) is 9.78 Å². The molecule has 0 radical (unpaired) electrons. The monoisotopic (exact) mass is 279 g/mol. The van der Waals surface area contributed by atoms with Gasteiger partial charge in [0.05, 0.1) is 10.5 Å². The van der Waals surface area contributed by atoms with E-state index >= 15 is 0 Å². The molecule has 1 aromatic heterocycles. The quantitative estimate of drug-likeness (QED) is 0.648. The number of aromatic carboxylic acids is 1. The first kappa shape index (κ1) is 14.2. The lowest BCUT2D eigenvalue weighted by Crippen LogP contribution is -2.27. The fraction of sp³-hybridized carbons (Fsp3) is 0.538. The SMILES string of the molecule is CC1CCCC(Nc2ncc(C(=O)O)cc2[N+](=O)[O-])C1. The van der Waals surface area contributed by atoms with Crippen molar-refractivity contribution in [1.82, 2.24) is 4.98 Å². The zero-order valence-electron chi connectivity index (χ0n) is 11.2. The Morgan fingerprint density at radius 3 is 2.90 bits per heavy atom. The van der Waals surface area contributed by atoms with Crippen LogP contribution in [0.3, 0.4) is 0 Å². The van der Waals surface area contributed by atoms with E-state index in [0.29, 0.717) is 5.92 Å². The van der Waals surface area contributed by atoms with E-state index < -0.39 is 10.9 Å². The lowest BCUT2D eigenvalue weighted by atomic mass is 9.87. The molecule has 1 saturated carbocycles. The van der Waals surface area contributed by atoms with E-state index in [1.165, 1.54) is 6.42 Å². The summed E-state index contributed by atoms with van der Waals surface area (Å²) in [7, 11) is 0. The average molecular weight is 279 g/mol. The minimum Gasteiger partial charge on any atom is -0.478 e. The molecule has 1 aliphatic carbocycles. The highest BCUT2D eigenvalue weighted by Crippen LogP contribution is 2.29. The van der Waals surface area contributed by atoms with Crippen molar-refractivity contribution in [3.63, 3.8) is 0 Å². The highest BCUT2D eigenvalue weighted by Gasteiger charge is 2.24. The number of carbonyl (C=O) groups is 1. The molecular formula is C13H17N3O4. The summed E-state index contributed by atoms with van der Waals surface area (Å²) in [4.78, 5) is 25.2.